The minimum atomic E-state index is -0.589. The number of benzene rings is 1. The summed E-state index contributed by atoms with van der Waals surface area (Å²) in [7, 11) is 0. The van der Waals surface area contributed by atoms with Crippen LogP contribution in [-0.2, 0) is 16.0 Å². The Morgan fingerprint density at radius 3 is 2.75 bits per heavy atom. The number of hydrogen-bond acceptors (Lipinski definition) is 3. The summed E-state index contributed by atoms with van der Waals surface area (Å²) in [6.45, 7) is 2.39. The SMILES string of the molecule is CCCC1NC(=O)C(O)=C1C(=O)NCCCc1ccc(Cl)c(Cl)c1. The van der Waals surface area contributed by atoms with Crippen LogP contribution < -0.4 is 10.6 Å². The van der Waals surface area contributed by atoms with Crippen molar-refractivity contribution in [3.05, 3.63) is 45.1 Å². The molecule has 0 aromatic heterocycles. The summed E-state index contributed by atoms with van der Waals surface area (Å²) in [5, 5.41) is 16.2. The molecule has 0 bridgehead atoms. The summed E-state index contributed by atoms with van der Waals surface area (Å²) in [4.78, 5) is 23.8. The molecular formula is C17H20Cl2N2O3. The number of aryl methyl sites for hydroxylation is 1. The molecule has 7 heteroatoms. The Bertz CT molecular complexity index is 674. The third kappa shape index (κ3) is 4.42. The zero-order valence-corrected chi connectivity index (χ0v) is 14.9. The molecule has 130 valence electrons. The molecule has 24 heavy (non-hydrogen) atoms. The summed E-state index contributed by atoms with van der Waals surface area (Å²) in [6, 6.07) is 5.02. The second kappa shape index (κ2) is 8.40. The lowest BCUT2D eigenvalue weighted by atomic mass is 10.0. The first kappa shape index (κ1) is 18.6. The van der Waals surface area contributed by atoms with Crippen LogP contribution in [0.5, 0.6) is 0 Å². The zero-order valence-electron chi connectivity index (χ0n) is 13.4. The molecule has 1 atom stereocenters. The summed E-state index contributed by atoms with van der Waals surface area (Å²) >= 11 is 11.8. The van der Waals surface area contributed by atoms with Crippen LogP contribution in [0.25, 0.3) is 0 Å². The smallest absolute Gasteiger partial charge is 0.287 e. The highest BCUT2D eigenvalue weighted by molar-refractivity contribution is 6.42. The van der Waals surface area contributed by atoms with Gasteiger partial charge in [0, 0.05) is 6.54 Å². The third-order valence-electron chi connectivity index (χ3n) is 3.86. The monoisotopic (exact) mass is 370 g/mol. The Labute approximate surface area is 151 Å². The molecule has 3 N–H and O–H groups in total. The van der Waals surface area contributed by atoms with Gasteiger partial charge in [0.15, 0.2) is 5.76 Å². The van der Waals surface area contributed by atoms with E-state index in [0.717, 1.165) is 18.4 Å². The maximum atomic E-state index is 12.2. The van der Waals surface area contributed by atoms with Gasteiger partial charge in [-0.1, -0.05) is 42.6 Å². The number of aliphatic hydroxyl groups is 1. The second-order valence-electron chi connectivity index (χ2n) is 5.68. The molecule has 1 aromatic rings. The number of rotatable bonds is 7. The van der Waals surface area contributed by atoms with Gasteiger partial charge in [0.1, 0.15) is 0 Å². The fraction of sp³-hybridized carbons (Fsp3) is 0.412. The van der Waals surface area contributed by atoms with E-state index in [-0.39, 0.29) is 5.57 Å². The molecule has 0 spiro atoms. The Morgan fingerprint density at radius 1 is 1.33 bits per heavy atom. The number of hydrogen-bond donors (Lipinski definition) is 3. The highest BCUT2D eigenvalue weighted by Gasteiger charge is 2.35. The Hall–Kier alpha value is -1.72. The van der Waals surface area contributed by atoms with E-state index in [1.165, 1.54) is 0 Å². The Kier molecular flexibility index (Phi) is 6.52. The van der Waals surface area contributed by atoms with E-state index in [1.807, 2.05) is 13.0 Å². The fourth-order valence-corrected chi connectivity index (χ4v) is 2.96. The van der Waals surface area contributed by atoms with E-state index in [1.54, 1.807) is 12.1 Å². The van der Waals surface area contributed by atoms with Crippen LogP contribution >= 0.6 is 23.2 Å². The highest BCUT2D eigenvalue weighted by Crippen LogP contribution is 2.23. The standard InChI is InChI=1S/C17H20Cl2N2O3/c1-2-4-13-14(15(22)17(24)21-13)16(23)20-8-3-5-10-6-7-11(18)12(19)9-10/h6-7,9,13,22H,2-5,8H2,1H3,(H,20,23)(H,21,24). The second-order valence-corrected chi connectivity index (χ2v) is 6.50. The maximum Gasteiger partial charge on any atom is 0.287 e. The number of carbonyl (C=O) groups excluding carboxylic acids is 2. The topological polar surface area (TPSA) is 78.4 Å². The van der Waals surface area contributed by atoms with Crippen LogP contribution in [0.1, 0.15) is 31.7 Å². The van der Waals surface area contributed by atoms with Crippen molar-refractivity contribution in [2.75, 3.05) is 6.54 Å². The average molecular weight is 371 g/mol. The van der Waals surface area contributed by atoms with Crippen molar-refractivity contribution in [3.8, 4) is 0 Å². The third-order valence-corrected chi connectivity index (χ3v) is 4.60. The number of halogens is 2. The molecule has 1 aliphatic heterocycles. The molecular weight excluding hydrogens is 351 g/mol. The predicted octanol–water partition coefficient (Wildman–Crippen LogP) is 3.15. The minimum absolute atomic E-state index is 0.136. The van der Waals surface area contributed by atoms with E-state index < -0.39 is 23.6 Å². The Balaban J connectivity index is 1.86. The molecule has 0 radical (unpaired) electrons. The van der Waals surface area contributed by atoms with Crippen molar-refractivity contribution in [3.63, 3.8) is 0 Å². The lowest BCUT2D eigenvalue weighted by molar-refractivity contribution is -0.120. The first-order chi connectivity index (χ1) is 11.4. The first-order valence-corrected chi connectivity index (χ1v) is 8.65. The molecule has 0 fully saturated rings. The first-order valence-electron chi connectivity index (χ1n) is 7.90. The van der Waals surface area contributed by atoms with Crippen molar-refractivity contribution in [1.82, 2.24) is 10.6 Å². The summed E-state index contributed by atoms with van der Waals surface area (Å²) in [6.07, 6.45) is 2.85. The van der Waals surface area contributed by atoms with Crippen molar-refractivity contribution in [2.45, 2.75) is 38.6 Å². The highest BCUT2D eigenvalue weighted by atomic mass is 35.5. The normalized spacial score (nSPS) is 17.1. The molecule has 2 rings (SSSR count). The van der Waals surface area contributed by atoms with Gasteiger partial charge in [-0.25, -0.2) is 0 Å². The molecule has 1 heterocycles. The maximum absolute atomic E-state index is 12.2. The van der Waals surface area contributed by atoms with Gasteiger partial charge in [-0.15, -0.1) is 0 Å². The van der Waals surface area contributed by atoms with Crippen LogP contribution in [0.15, 0.2) is 29.5 Å². The summed E-state index contributed by atoms with van der Waals surface area (Å²) in [5.74, 6) is -1.47. The minimum Gasteiger partial charge on any atom is -0.503 e. The van der Waals surface area contributed by atoms with Crippen LogP contribution in [0.3, 0.4) is 0 Å². The van der Waals surface area contributed by atoms with Crippen molar-refractivity contribution in [2.24, 2.45) is 0 Å². The van der Waals surface area contributed by atoms with Gasteiger partial charge >= 0.3 is 0 Å². The fourth-order valence-electron chi connectivity index (χ4n) is 2.64. The van der Waals surface area contributed by atoms with E-state index in [2.05, 4.69) is 10.6 Å². The molecule has 0 saturated heterocycles. The zero-order chi connectivity index (χ0) is 17.7. The average Bonchev–Trinajstić information content (AvgIpc) is 2.82. The van der Waals surface area contributed by atoms with Gasteiger partial charge < -0.3 is 15.7 Å². The largest absolute Gasteiger partial charge is 0.503 e. The van der Waals surface area contributed by atoms with E-state index in [9.17, 15) is 14.7 Å². The van der Waals surface area contributed by atoms with Crippen LogP contribution in [0.2, 0.25) is 10.0 Å². The van der Waals surface area contributed by atoms with E-state index >= 15 is 0 Å². The van der Waals surface area contributed by atoms with Crippen molar-refractivity contribution in [1.29, 1.82) is 0 Å². The number of carbonyl (C=O) groups is 2. The van der Waals surface area contributed by atoms with Crippen molar-refractivity contribution >= 4 is 35.0 Å². The molecule has 2 amide bonds. The van der Waals surface area contributed by atoms with Gasteiger partial charge in [0.25, 0.3) is 11.8 Å². The van der Waals surface area contributed by atoms with E-state index in [4.69, 9.17) is 23.2 Å². The molecule has 1 aromatic carbocycles. The molecule has 0 saturated carbocycles. The van der Waals surface area contributed by atoms with Crippen molar-refractivity contribution < 1.29 is 14.7 Å². The molecule has 5 nitrogen and oxygen atoms in total. The Morgan fingerprint density at radius 2 is 2.08 bits per heavy atom. The quantitative estimate of drug-likeness (QED) is 0.645. The lowest BCUT2D eigenvalue weighted by Gasteiger charge is -2.13. The van der Waals surface area contributed by atoms with Gasteiger partial charge in [0.2, 0.25) is 0 Å². The van der Waals surface area contributed by atoms with Crippen LogP contribution in [-0.4, -0.2) is 29.5 Å². The van der Waals surface area contributed by atoms with Crippen LogP contribution in [0, 0.1) is 0 Å². The number of aliphatic hydroxyl groups excluding tert-OH is 1. The number of nitrogens with one attached hydrogen (secondary N) is 2. The van der Waals surface area contributed by atoms with Gasteiger partial charge in [-0.2, -0.15) is 0 Å². The molecule has 1 aliphatic rings. The van der Waals surface area contributed by atoms with E-state index in [0.29, 0.717) is 29.4 Å². The van der Waals surface area contributed by atoms with Crippen LogP contribution in [0.4, 0.5) is 0 Å². The van der Waals surface area contributed by atoms with Gasteiger partial charge in [-0.3, -0.25) is 9.59 Å². The summed E-state index contributed by atoms with van der Waals surface area (Å²) < 4.78 is 0. The lowest BCUT2D eigenvalue weighted by Crippen LogP contribution is -2.35. The molecule has 1 unspecified atom stereocenters. The van der Waals surface area contributed by atoms with Gasteiger partial charge in [-0.05, 0) is 37.0 Å². The predicted molar refractivity (Wildman–Crippen MR) is 94.3 cm³/mol. The number of amides is 2. The molecule has 0 aliphatic carbocycles. The van der Waals surface area contributed by atoms with Gasteiger partial charge in [0.05, 0.1) is 21.7 Å². The summed E-state index contributed by atoms with van der Waals surface area (Å²) in [5.41, 5.74) is 1.17.